The largest absolute Gasteiger partial charge is 0.454 e. The molecule has 31 heavy (non-hydrogen) atoms. The van der Waals surface area contributed by atoms with Crippen LogP contribution in [0, 0.1) is 13.8 Å². The fourth-order valence-corrected chi connectivity index (χ4v) is 4.23. The molecule has 0 fully saturated rings. The summed E-state index contributed by atoms with van der Waals surface area (Å²) < 4.78 is 18.2. The van der Waals surface area contributed by atoms with Gasteiger partial charge in [0.1, 0.15) is 0 Å². The molecule has 7 heteroatoms. The van der Waals surface area contributed by atoms with Gasteiger partial charge in [-0.15, -0.1) is 11.8 Å². The minimum atomic E-state index is -0.493. The molecule has 0 saturated carbocycles. The van der Waals surface area contributed by atoms with Crippen LogP contribution in [0.15, 0.2) is 53.4 Å². The maximum absolute atomic E-state index is 12.8. The molecule has 0 amide bonds. The summed E-state index contributed by atoms with van der Waals surface area (Å²) in [7, 11) is 0. The standard InChI is InChI=1S/C24H23NO5S/c1-15-10-19(20(26)13-28-24(27)18-6-4-5-7-23(18)31-3)16(2)25(15)12-17-8-9-21-22(11-17)30-14-29-21/h4-11H,12-14H2,1-3H3. The molecule has 0 spiro atoms. The normalized spacial score (nSPS) is 12.1. The first-order valence-corrected chi connectivity index (χ1v) is 11.1. The summed E-state index contributed by atoms with van der Waals surface area (Å²) in [5.74, 6) is 0.756. The molecule has 160 valence electrons. The molecule has 0 aliphatic carbocycles. The molecule has 6 nitrogen and oxygen atoms in total. The number of Topliss-reactive ketones (excluding diaryl/α,β-unsaturated/α-hetero) is 1. The van der Waals surface area contributed by atoms with E-state index >= 15 is 0 Å². The highest BCUT2D eigenvalue weighted by atomic mass is 32.2. The smallest absolute Gasteiger partial charge is 0.339 e. The van der Waals surface area contributed by atoms with Crippen LogP contribution in [0.5, 0.6) is 11.5 Å². The van der Waals surface area contributed by atoms with Crippen molar-refractivity contribution < 1.29 is 23.8 Å². The first-order valence-electron chi connectivity index (χ1n) is 9.86. The summed E-state index contributed by atoms with van der Waals surface area (Å²) in [6.45, 7) is 4.40. The number of thioether (sulfide) groups is 1. The van der Waals surface area contributed by atoms with Gasteiger partial charge in [-0.2, -0.15) is 0 Å². The van der Waals surface area contributed by atoms with Gasteiger partial charge in [0.15, 0.2) is 18.1 Å². The molecule has 1 aliphatic rings. The van der Waals surface area contributed by atoms with Crippen LogP contribution in [-0.2, 0) is 11.3 Å². The van der Waals surface area contributed by atoms with Crippen molar-refractivity contribution in [3.63, 3.8) is 0 Å². The van der Waals surface area contributed by atoms with Crippen molar-refractivity contribution in [3.05, 3.63) is 76.6 Å². The summed E-state index contributed by atoms with van der Waals surface area (Å²) in [4.78, 5) is 26.1. The number of nitrogens with zero attached hydrogens (tertiary/aromatic N) is 1. The van der Waals surface area contributed by atoms with Crippen LogP contribution in [0.3, 0.4) is 0 Å². The maximum Gasteiger partial charge on any atom is 0.339 e. The van der Waals surface area contributed by atoms with Crippen LogP contribution in [0.1, 0.15) is 37.7 Å². The topological polar surface area (TPSA) is 66.8 Å². The maximum atomic E-state index is 12.8. The van der Waals surface area contributed by atoms with Gasteiger partial charge in [-0.3, -0.25) is 4.79 Å². The van der Waals surface area contributed by atoms with Crippen LogP contribution >= 0.6 is 11.8 Å². The van der Waals surface area contributed by atoms with Crippen LogP contribution < -0.4 is 9.47 Å². The lowest BCUT2D eigenvalue weighted by Gasteiger charge is -2.11. The molecule has 1 aromatic heterocycles. The number of benzene rings is 2. The number of aryl methyl sites for hydroxylation is 1. The van der Waals surface area contributed by atoms with Crippen molar-refractivity contribution in [2.75, 3.05) is 19.7 Å². The number of fused-ring (bicyclic) bond motifs is 1. The van der Waals surface area contributed by atoms with E-state index in [2.05, 4.69) is 4.57 Å². The number of hydrogen-bond donors (Lipinski definition) is 0. The third-order valence-corrected chi connectivity index (χ3v) is 6.11. The van der Waals surface area contributed by atoms with Gasteiger partial charge in [-0.25, -0.2) is 4.79 Å². The van der Waals surface area contributed by atoms with E-state index in [9.17, 15) is 9.59 Å². The number of aromatic nitrogens is 1. The Morgan fingerprint density at radius 3 is 2.61 bits per heavy atom. The molecule has 2 aromatic carbocycles. The molecular weight excluding hydrogens is 414 g/mol. The molecule has 0 unspecified atom stereocenters. The van der Waals surface area contributed by atoms with Gasteiger partial charge in [0, 0.05) is 28.4 Å². The molecular formula is C24H23NO5S. The third kappa shape index (κ3) is 4.32. The van der Waals surface area contributed by atoms with Gasteiger partial charge in [0.25, 0.3) is 0 Å². The molecule has 0 atom stereocenters. The molecule has 0 N–H and O–H groups in total. The Hall–Kier alpha value is -3.19. The van der Waals surface area contributed by atoms with Crippen molar-refractivity contribution in [2.24, 2.45) is 0 Å². The van der Waals surface area contributed by atoms with Gasteiger partial charge in [-0.05, 0) is 56.0 Å². The summed E-state index contributed by atoms with van der Waals surface area (Å²) in [6.07, 6.45) is 1.90. The molecule has 2 heterocycles. The van der Waals surface area contributed by atoms with Crippen molar-refractivity contribution in [1.82, 2.24) is 4.57 Å². The Bertz CT molecular complexity index is 1150. The minimum Gasteiger partial charge on any atom is -0.454 e. The number of hydrogen-bond acceptors (Lipinski definition) is 6. The average Bonchev–Trinajstić information content (AvgIpc) is 3.36. The van der Waals surface area contributed by atoms with E-state index in [1.54, 1.807) is 12.1 Å². The van der Waals surface area contributed by atoms with Crippen molar-refractivity contribution >= 4 is 23.5 Å². The second-order valence-corrected chi connectivity index (χ2v) is 8.11. The summed E-state index contributed by atoms with van der Waals surface area (Å²) in [5.41, 5.74) is 3.86. The molecule has 4 rings (SSSR count). The first-order chi connectivity index (χ1) is 15.0. The Morgan fingerprint density at radius 1 is 1.03 bits per heavy atom. The predicted octanol–water partition coefficient (Wildman–Crippen LogP) is 4.64. The number of carbonyl (C=O) groups excluding carboxylic acids is 2. The van der Waals surface area contributed by atoms with Crippen molar-refractivity contribution in [1.29, 1.82) is 0 Å². The third-order valence-electron chi connectivity index (χ3n) is 5.31. The second-order valence-electron chi connectivity index (χ2n) is 7.26. The average molecular weight is 438 g/mol. The molecule has 0 saturated heterocycles. The van der Waals surface area contributed by atoms with E-state index in [0.717, 1.165) is 33.3 Å². The molecule has 0 radical (unpaired) electrons. The van der Waals surface area contributed by atoms with E-state index in [1.807, 2.05) is 56.5 Å². The fourth-order valence-electron chi connectivity index (χ4n) is 3.65. The van der Waals surface area contributed by atoms with Gasteiger partial charge in [0.2, 0.25) is 12.6 Å². The van der Waals surface area contributed by atoms with Gasteiger partial charge in [0.05, 0.1) is 5.56 Å². The Morgan fingerprint density at radius 2 is 1.81 bits per heavy atom. The zero-order valence-electron chi connectivity index (χ0n) is 17.6. The fraction of sp³-hybridized carbons (Fsp3) is 0.250. The highest BCUT2D eigenvalue weighted by molar-refractivity contribution is 7.98. The lowest BCUT2D eigenvalue weighted by atomic mass is 10.1. The molecule has 1 aliphatic heterocycles. The van der Waals surface area contributed by atoms with Crippen molar-refractivity contribution in [2.45, 2.75) is 25.3 Å². The number of ether oxygens (including phenoxy) is 3. The van der Waals surface area contributed by atoms with E-state index in [4.69, 9.17) is 14.2 Å². The highest BCUT2D eigenvalue weighted by Gasteiger charge is 2.20. The number of esters is 1. The van der Waals surface area contributed by atoms with E-state index in [0.29, 0.717) is 17.7 Å². The lowest BCUT2D eigenvalue weighted by Crippen LogP contribution is -2.15. The van der Waals surface area contributed by atoms with E-state index in [1.165, 1.54) is 11.8 Å². The molecule has 0 bridgehead atoms. The predicted molar refractivity (Wildman–Crippen MR) is 118 cm³/mol. The Kier molecular flexibility index (Phi) is 6.04. The highest BCUT2D eigenvalue weighted by Crippen LogP contribution is 2.33. The number of carbonyl (C=O) groups is 2. The van der Waals surface area contributed by atoms with Crippen LogP contribution in [0.2, 0.25) is 0 Å². The van der Waals surface area contributed by atoms with Crippen molar-refractivity contribution in [3.8, 4) is 11.5 Å². The van der Waals surface area contributed by atoms with Crippen LogP contribution in [-0.4, -0.2) is 36.0 Å². The number of ketones is 1. The van der Waals surface area contributed by atoms with Crippen LogP contribution in [0.4, 0.5) is 0 Å². The summed E-state index contributed by atoms with van der Waals surface area (Å²) >= 11 is 1.46. The minimum absolute atomic E-state index is 0.222. The SMILES string of the molecule is CSc1ccccc1C(=O)OCC(=O)c1cc(C)n(Cc2ccc3c(c2)OCO3)c1C. The van der Waals surface area contributed by atoms with Gasteiger partial charge in [-0.1, -0.05) is 18.2 Å². The number of rotatable bonds is 7. The van der Waals surface area contributed by atoms with E-state index < -0.39 is 5.97 Å². The quantitative estimate of drug-likeness (QED) is 0.305. The zero-order valence-corrected chi connectivity index (χ0v) is 18.5. The zero-order chi connectivity index (χ0) is 22.0. The first kappa shape index (κ1) is 21.1. The van der Waals surface area contributed by atoms with E-state index in [-0.39, 0.29) is 19.2 Å². The lowest BCUT2D eigenvalue weighted by molar-refractivity contribution is 0.0471. The van der Waals surface area contributed by atoms with Gasteiger partial charge < -0.3 is 18.8 Å². The van der Waals surface area contributed by atoms with Gasteiger partial charge >= 0.3 is 5.97 Å². The Balaban J connectivity index is 1.46. The summed E-state index contributed by atoms with van der Waals surface area (Å²) in [5, 5.41) is 0. The second kappa shape index (κ2) is 8.89. The monoisotopic (exact) mass is 437 g/mol. The van der Waals surface area contributed by atoms with Crippen LogP contribution in [0.25, 0.3) is 0 Å². The molecule has 3 aromatic rings. The summed E-state index contributed by atoms with van der Waals surface area (Å²) in [6, 6.07) is 14.9. The Labute approximate surface area is 185 Å².